The minimum Gasteiger partial charge on any atom is -0.362 e. The van der Waals surface area contributed by atoms with E-state index in [1.54, 1.807) is 23.9 Å². The molecule has 8 nitrogen and oxygen atoms in total. The molecule has 4 rings (SSSR count). The summed E-state index contributed by atoms with van der Waals surface area (Å²) in [5, 5.41) is 2.81. The lowest BCUT2D eigenvalue weighted by Gasteiger charge is -2.12. The minimum atomic E-state index is -3.85. The van der Waals surface area contributed by atoms with E-state index < -0.39 is 10.0 Å². The second-order valence-electron chi connectivity index (χ2n) is 7.62. The maximum atomic E-state index is 12.8. The summed E-state index contributed by atoms with van der Waals surface area (Å²) in [6, 6.07) is 13.9. The van der Waals surface area contributed by atoms with E-state index in [-0.39, 0.29) is 17.3 Å². The molecule has 0 atom stereocenters. The van der Waals surface area contributed by atoms with E-state index in [9.17, 15) is 13.2 Å². The number of nitrogens with one attached hydrogen (secondary N) is 1. The topological polar surface area (TPSA) is 96.7 Å². The fraction of sp³-hybridized carbons (Fsp3) is 0.318. The lowest BCUT2D eigenvalue weighted by atomic mass is 10.3. The Kier molecular flexibility index (Phi) is 6.52. The van der Waals surface area contributed by atoms with Gasteiger partial charge in [-0.2, -0.15) is 20.2 Å². The molecule has 1 N–H and O–H groups in total. The van der Waals surface area contributed by atoms with Crippen molar-refractivity contribution in [2.75, 3.05) is 25.2 Å². The van der Waals surface area contributed by atoms with Gasteiger partial charge in [-0.3, -0.25) is 4.79 Å². The van der Waals surface area contributed by atoms with E-state index >= 15 is 0 Å². The smallest absolute Gasteiger partial charge is 0.284 e. The zero-order valence-corrected chi connectivity index (χ0v) is 19.6. The number of sulfonamides is 1. The Morgan fingerprint density at radius 3 is 2.78 bits per heavy atom. The number of para-hydroxylation sites is 2. The number of hydrogen-bond donors (Lipinski definition) is 1. The number of fused-ring (bicyclic) bond motifs is 1. The Morgan fingerprint density at radius 2 is 2.03 bits per heavy atom. The van der Waals surface area contributed by atoms with Crippen molar-refractivity contribution in [2.24, 2.45) is 4.40 Å². The summed E-state index contributed by atoms with van der Waals surface area (Å²) in [6.45, 7) is 0.881. The molecule has 1 aliphatic rings. The molecule has 2 heterocycles. The van der Waals surface area contributed by atoms with Crippen LogP contribution in [0.2, 0.25) is 0 Å². The number of likely N-dealkylation sites (tertiary alicyclic amines) is 1. The monoisotopic (exact) mass is 471 g/mol. The minimum absolute atomic E-state index is 0.0549. The molecule has 0 radical (unpaired) electrons. The molecule has 0 unspecified atom stereocenters. The molecule has 2 aromatic carbocycles. The number of amides is 1. The summed E-state index contributed by atoms with van der Waals surface area (Å²) in [6.07, 6.45) is 3.52. The molecule has 1 fully saturated rings. The largest absolute Gasteiger partial charge is 0.362 e. The average molecular weight is 472 g/mol. The van der Waals surface area contributed by atoms with Crippen LogP contribution < -0.4 is 5.32 Å². The standard InChI is InChI=1S/C22H25N5O3S2/c1-26-12-6-11-20(26)25-32(29,30)17-8-5-7-16(13-17)23-22(28)14-27-19-10-4-3-9-18(19)24-21(27)15-31-2/h3-5,7-10,13H,6,11-12,14-15H2,1-2H3,(H,23,28)/b25-20-. The van der Waals surface area contributed by atoms with Crippen LogP contribution in [0.5, 0.6) is 0 Å². The molecular formula is C22H25N5O3S2. The summed E-state index contributed by atoms with van der Waals surface area (Å²) in [7, 11) is -2.01. The summed E-state index contributed by atoms with van der Waals surface area (Å²) in [5.41, 5.74) is 2.14. The van der Waals surface area contributed by atoms with Crippen LogP contribution in [0.25, 0.3) is 11.0 Å². The molecule has 168 valence electrons. The third-order valence-electron chi connectivity index (χ3n) is 5.28. The molecule has 10 heteroatoms. The van der Waals surface area contributed by atoms with Gasteiger partial charge in [0, 0.05) is 25.7 Å². The number of thioether (sulfide) groups is 1. The van der Waals surface area contributed by atoms with Gasteiger partial charge >= 0.3 is 0 Å². The Morgan fingerprint density at radius 1 is 1.22 bits per heavy atom. The second kappa shape index (κ2) is 9.33. The van der Waals surface area contributed by atoms with E-state index in [0.29, 0.717) is 23.7 Å². The molecular weight excluding hydrogens is 446 g/mol. The van der Waals surface area contributed by atoms with Crippen LogP contribution in [-0.4, -0.2) is 54.5 Å². The predicted molar refractivity (Wildman–Crippen MR) is 129 cm³/mol. The number of nitrogens with zero attached hydrogens (tertiary/aromatic N) is 4. The van der Waals surface area contributed by atoms with E-state index in [2.05, 4.69) is 14.7 Å². The molecule has 1 aromatic heterocycles. The summed E-state index contributed by atoms with van der Waals surface area (Å²) in [4.78, 5) is 19.3. The number of carbonyl (C=O) groups is 1. The first-order chi connectivity index (χ1) is 15.4. The number of hydrogen-bond acceptors (Lipinski definition) is 5. The molecule has 32 heavy (non-hydrogen) atoms. The Bertz CT molecular complexity index is 1280. The van der Waals surface area contributed by atoms with Crippen LogP contribution >= 0.6 is 11.8 Å². The maximum Gasteiger partial charge on any atom is 0.284 e. The van der Waals surface area contributed by atoms with Gasteiger partial charge in [0.1, 0.15) is 18.2 Å². The van der Waals surface area contributed by atoms with Crippen LogP contribution in [-0.2, 0) is 27.1 Å². The van der Waals surface area contributed by atoms with Crippen molar-refractivity contribution in [1.29, 1.82) is 0 Å². The van der Waals surface area contributed by atoms with Crippen molar-refractivity contribution >= 4 is 50.2 Å². The molecule has 0 bridgehead atoms. The van der Waals surface area contributed by atoms with Gasteiger partial charge in [0.05, 0.1) is 21.7 Å². The fourth-order valence-electron chi connectivity index (χ4n) is 3.72. The van der Waals surface area contributed by atoms with Gasteiger partial charge < -0.3 is 14.8 Å². The first-order valence-electron chi connectivity index (χ1n) is 10.3. The highest BCUT2D eigenvalue weighted by Crippen LogP contribution is 2.22. The van der Waals surface area contributed by atoms with E-state index in [4.69, 9.17) is 0 Å². The molecule has 1 amide bonds. The zero-order chi connectivity index (χ0) is 22.7. The SMILES string of the molecule is CSCc1nc2ccccc2n1CC(=O)Nc1cccc(S(=O)(=O)/N=C2/CCCN2C)c1. The Hall–Kier alpha value is -2.85. The summed E-state index contributed by atoms with van der Waals surface area (Å²) in [5.74, 6) is 1.81. The average Bonchev–Trinajstić information content (AvgIpc) is 3.31. The highest BCUT2D eigenvalue weighted by molar-refractivity contribution is 7.97. The lowest BCUT2D eigenvalue weighted by Crippen LogP contribution is -2.21. The third kappa shape index (κ3) is 4.81. The van der Waals surface area contributed by atoms with Crippen LogP contribution in [0, 0.1) is 0 Å². The number of anilines is 1. The number of aromatic nitrogens is 2. The van der Waals surface area contributed by atoms with Gasteiger partial charge in [-0.15, -0.1) is 4.40 Å². The second-order valence-corrected chi connectivity index (χ2v) is 10.1. The number of amidine groups is 1. The first-order valence-corrected chi connectivity index (χ1v) is 13.1. The van der Waals surface area contributed by atoms with Gasteiger partial charge in [-0.05, 0) is 43.0 Å². The first kappa shape index (κ1) is 22.3. The van der Waals surface area contributed by atoms with E-state index in [0.717, 1.165) is 29.8 Å². The molecule has 0 saturated carbocycles. The number of benzene rings is 2. The normalized spacial score (nSPS) is 15.6. The maximum absolute atomic E-state index is 12.8. The molecule has 1 aliphatic heterocycles. The molecule has 0 aliphatic carbocycles. The highest BCUT2D eigenvalue weighted by atomic mass is 32.2. The molecule has 0 spiro atoms. The fourth-order valence-corrected chi connectivity index (χ4v) is 5.34. The van der Waals surface area contributed by atoms with E-state index in [1.807, 2.05) is 47.0 Å². The van der Waals surface area contributed by atoms with Gasteiger partial charge in [0.15, 0.2) is 0 Å². The van der Waals surface area contributed by atoms with Crippen LogP contribution in [0.15, 0.2) is 57.8 Å². The highest BCUT2D eigenvalue weighted by Gasteiger charge is 2.21. The number of carbonyl (C=O) groups excluding carboxylic acids is 1. The zero-order valence-electron chi connectivity index (χ0n) is 18.0. The summed E-state index contributed by atoms with van der Waals surface area (Å²) >= 11 is 1.64. The quantitative estimate of drug-likeness (QED) is 0.568. The molecule has 3 aromatic rings. The Balaban J connectivity index is 1.54. The van der Waals surface area contributed by atoms with Crippen molar-refractivity contribution < 1.29 is 13.2 Å². The van der Waals surface area contributed by atoms with Crippen LogP contribution in [0.4, 0.5) is 5.69 Å². The van der Waals surface area contributed by atoms with Crippen LogP contribution in [0.3, 0.4) is 0 Å². The van der Waals surface area contributed by atoms with Gasteiger partial charge in [-0.1, -0.05) is 18.2 Å². The number of imidazole rings is 1. The third-order valence-corrected chi connectivity index (χ3v) is 7.13. The summed E-state index contributed by atoms with van der Waals surface area (Å²) < 4.78 is 31.4. The molecule has 1 saturated heterocycles. The predicted octanol–water partition coefficient (Wildman–Crippen LogP) is 3.35. The van der Waals surface area contributed by atoms with Crippen LogP contribution in [0.1, 0.15) is 18.7 Å². The van der Waals surface area contributed by atoms with Gasteiger partial charge in [0.2, 0.25) is 5.91 Å². The van der Waals surface area contributed by atoms with Crippen molar-refractivity contribution in [3.63, 3.8) is 0 Å². The van der Waals surface area contributed by atoms with Gasteiger partial charge in [-0.25, -0.2) is 4.98 Å². The lowest BCUT2D eigenvalue weighted by molar-refractivity contribution is -0.116. The van der Waals surface area contributed by atoms with Crippen molar-refractivity contribution in [1.82, 2.24) is 14.5 Å². The number of rotatable bonds is 7. The Labute approximate surface area is 191 Å². The van der Waals surface area contributed by atoms with Crippen molar-refractivity contribution in [3.05, 3.63) is 54.4 Å². The van der Waals surface area contributed by atoms with Crippen molar-refractivity contribution in [2.45, 2.75) is 30.0 Å². The van der Waals surface area contributed by atoms with Gasteiger partial charge in [0.25, 0.3) is 10.0 Å². The van der Waals surface area contributed by atoms with E-state index in [1.165, 1.54) is 12.1 Å². The van der Waals surface area contributed by atoms with Crippen molar-refractivity contribution in [3.8, 4) is 0 Å².